The molecule has 0 aliphatic heterocycles. The molecule has 2 N–H and O–H groups in total. The van der Waals surface area contributed by atoms with Gasteiger partial charge in [-0.2, -0.15) is 0 Å². The molecule has 0 fully saturated rings. The van der Waals surface area contributed by atoms with Crippen LogP contribution < -0.4 is 5.32 Å². The lowest BCUT2D eigenvalue weighted by atomic mass is 10.1. The topological polar surface area (TPSA) is 66.4 Å². The summed E-state index contributed by atoms with van der Waals surface area (Å²) in [6.45, 7) is -0.162. The van der Waals surface area contributed by atoms with Crippen molar-refractivity contribution in [3.63, 3.8) is 0 Å². The predicted molar refractivity (Wildman–Crippen MR) is 84.2 cm³/mol. The van der Waals surface area contributed by atoms with E-state index < -0.39 is 5.82 Å². The van der Waals surface area contributed by atoms with Gasteiger partial charge in [0.25, 0.3) is 0 Å². The van der Waals surface area contributed by atoms with E-state index in [1.54, 1.807) is 30.3 Å². The van der Waals surface area contributed by atoms with Gasteiger partial charge in [0, 0.05) is 30.5 Å². The van der Waals surface area contributed by atoms with Crippen molar-refractivity contribution in [1.29, 1.82) is 0 Å². The molecular weight excluding hydrogens is 297 g/mol. The minimum Gasteiger partial charge on any atom is -0.392 e. The minimum atomic E-state index is -0.476. The van der Waals surface area contributed by atoms with Crippen molar-refractivity contribution in [2.45, 2.75) is 26.0 Å². The fourth-order valence-electron chi connectivity index (χ4n) is 2.14. The highest BCUT2D eigenvalue weighted by molar-refractivity contribution is 5.97. The largest absolute Gasteiger partial charge is 0.392 e. The number of aliphatic hydroxyl groups excluding tert-OH is 1. The van der Waals surface area contributed by atoms with Crippen LogP contribution in [0.25, 0.3) is 0 Å². The Morgan fingerprint density at radius 2 is 1.78 bits per heavy atom. The third-order valence-electron chi connectivity index (χ3n) is 3.45. The van der Waals surface area contributed by atoms with Crippen molar-refractivity contribution in [3.8, 4) is 0 Å². The summed E-state index contributed by atoms with van der Waals surface area (Å²) in [6, 6.07) is 13.1. The highest BCUT2D eigenvalue weighted by atomic mass is 19.1. The fraction of sp³-hybridized carbons (Fsp3) is 0.222. The maximum Gasteiger partial charge on any atom is 0.220 e. The summed E-state index contributed by atoms with van der Waals surface area (Å²) >= 11 is 0. The van der Waals surface area contributed by atoms with Gasteiger partial charge in [0.15, 0.2) is 5.78 Å². The van der Waals surface area contributed by atoms with Crippen molar-refractivity contribution >= 4 is 11.7 Å². The van der Waals surface area contributed by atoms with Gasteiger partial charge in [0.2, 0.25) is 5.91 Å². The Bertz CT molecular complexity index is 686. The van der Waals surface area contributed by atoms with Crippen molar-refractivity contribution in [2.75, 3.05) is 0 Å². The Hall–Kier alpha value is -2.53. The second-order valence-corrected chi connectivity index (χ2v) is 5.15. The molecule has 0 aliphatic carbocycles. The summed E-state index contributed by atoms with van der Waals surface area (Å²) < 4.78 is 13.3. The maximum absolute atomic E-state index is 13.3. The van der Waals surface area contributed by atoms with E-state index in [4.69, 9.17) is 5.11 Å². The van der Waals surface area contributed by atoms with E-state index in [0.717, 1.165) is 0 Å². The highest BCUT2D eigenvalue weighted by Gasteiger charge is 2.09. The van der Waals surface area contributed by atoms with E-state index >= 15 is 0 Å². The van der Waals surface area contributed by atoms with Crippen LogP contribution in [0.5, 0.6) is 0 Å². The van der Waals surface area contributed by atoms with Crippen LogP contribution in [0.15, 0.2) is 48.5 Å². The summed E-state index contributed by atoms with van der Waals surface area (Å²) in [6.07, 6.45) is 0.239. The summed E-state index contributed by atoms with van der Waals surface area (Å²) in [7, 11) is 0. The highest BCUT2D eigenvalue weighted by Crippen LogP contribution is 2.11. The van der Waals surface area contributed by atoms with Crippen LogP contribution in [0, 0.1) is 5.82 Å². The Morgan fingerprint density at radius 3 is 2.48 bits per heavy atom. The molecule has 0 spiro atoms. The molecule has 4 nitrogen and oxygen atoms in total. The summed E-state index contributed by atoms with van der Waals surface area (Å²) in [4.78, 5) is 23.7. The molecule has 23 heavy (non-hydrogen) atoms. The van der Waals surface area contributed by atoms with Gasteiger partial charge >= 0.3 is 0 Å². The van der Waals surface area contributed by atoms with Gasteiger partial charge in [0.1, 0.15) is 5.82 Å². The molecule has 0 unspecified atom stereocenters. The molecule has 5 heteroatoms. The molecular formula is C18H18FNO3. The number of hydrogen-bond donors (Lipinski definition) is 2. The number of aliphatic hydroxyl groups is 1. The number of ketones is 1. The second-order valence-electron chi connectivity index (χ2n) is 5.15. The number of hydrogen-bond acceptors (Lipinski definition) is 3. The number of Topliss-reactive ketones (excluding diaryl/α,β-unsaturated/α-hetero) is 1. The zero-order valence-electron chi connectivity index (χ0n) is 12.6. The number of amides is 1. The lowest BCUT2D eigenvalue weighted by molar-refractivity contribution is -0.121. The lowest BCUT2D eigenvalue weighted by Gasteiger charge is -2.07. The number of carbonyl (C=O) groups is 2. The normalized spacial score (nSPS) is 10.3. The molecule has 1 amide bonds. The molecule has 2 rings (SSSR count). The number of rotatable bonds is 7. The molecule has 0 saturated heterocycles. The SMILES string of the molecule is O=C(CCC(=O)c1ccccc1)NCc1ccc(F)c(CO)c1. The van der Waals surface area contributed by atoms with Gasteiger partial charge in [-0.1, -0.05) is 36.4 Å². The van der Waals surface area contributed by atoms with Gasteiger partial charge in [0.05, 0.1) is 6.61 Å². The average molecular weight is 315 g/mol. The zero-order valence-corrected chi connectivity index (χ0v) is 12.6. The molecule has 120 valence electrons. The molecule has 0 atom stereocenters. The first-order valence-electron chi connectivity index (χ1n) is 7.33. The van der Waals surface area contributed by atoms with E-state index in [-0.39, 0.29) is 43.2 Å². The van der Waals surface area contributed by atoms with Crippen molar-refractivity contribution in [3.05, 3.63) is 71.0 Å². The Balaban J connectivity index is 1.80. The van der Waals surface area contributed by atoms with Crippen LogP contribution in [0.1, 0.15) is 34.3 Å². The summed E-state index contributed by atoms with van der Waals surface area (Å²) in [5.74, 6) is -0.801. The second kappa shape index (κ2) is 8.19. The molecule has 2 aromatic rings. The van der Waals surface area contributed by atoms with Crippen LogP contribution in [0.4, 0.5) is 4.39 Å². The van der Waals surface area contributed by atoms with E-state index in [9.17, 15) is 14.0 Å². The number of carbonyl (C=O) groups excluding carboxylic acids is 2. The van der Waals surface area contributed by atoms with Crippen molar-refractivity contribution in [1.82, 2.24) is 5.32 Å². The third kappa shape index (κ3) is 5.00. The third-order valence-corrected chi connectivity index (χ3v) is 3.45. The summed E-state index contributed by atoms with van der Waals surface area (Å²) in [5.41, 5.74) is 1.47. The van der Waals surface area contributed by atoms with Crippen LogP contribution in [0.2, 0.25) is 0 Å². The van der Waals surface area contributed by atoms with Crippen LogP contribution in [0.3, 0.4) is 0 Å². The predicted octanol–water partition coefficient (Wildman–Crippen LogP) is 2.60. The molecule has 0 aliphatic rings. The fourth-order valence-corrected chi connectivity index (χ4v) is 2.14. The molecule has 0 saturated carbocycles. The minimum absolute atomic E-state index is 0.0786. The smallest absolute Gasteiger partial charge is 0.220 e. The van der Waals surface area contributed by atoms with Crippen LogP contribution >= 0.6 is 0 Å². The number of nitrogens with one attached hydrogen (secondary N) is 1. The Kier molecular flexibility index (Phi) is 6.00. The zero-order chi connectivity index (χ0) is 16.7. The molecule has 2 aromatic carbocycles. The number of halogens is 1. The van der Waals surface area contributed by atoms with E-state index in [1.165, 1.54) is 12.1 Å². The summed E-state index contributed by atoms with van der Waals surface area (Å²) in [5, 5.41) is 11.7. The van der Waals surface area contributed by atoms with Crippen molar-refractivity contribution < 1.29 is 19.1 Å². The molecule has 0 aromatic heterocycles. The van der Waals surface area contributed by atoms with Gasteiger partial charge in [-0.25, -0.2) is 4.39 Å². The van der Waals surface area contributed by atoms with Crippen LogP contribution in [-0.4, -0.2) is 16.8 Å². The first-order valence-corrected chi connectivity index (χ1v) is 7.33. The van der Waals surface area contributed by atoms with E-state index in [2.05, 4.69) is 5.32 Å². The maximum atomic E-state index is 13.3. The Labute approximate surface area is 134 Å². The lowest BCUT2D eigenvalue weighted by Crippen LogP contribution is -2.23. The monoisotopic (exact) mass is 315 g/mol. The van der Waals surface area contributed by atoms with E-state index in [0.29, 0.717) is 11.1 Å². The van der Waals surface area contributed by atoms with Gasteiger partial charge < -0.3 is 10.4 Å². The first-order chi connectivity index (χ1) is 11.1. The molecule has 0 heterocycles. The van der Waals surface area contributed by atoms with Crippen molar-refractivity contribution in [2.24, 2.45) is 0 Å². The van der Waals surface area contributed by atoms with E-state index in [1.807, 2.05) is 6.07 Å². The van der Waals surface area contributed by atoms with Crippen LogP contribution in [-0.2, 0) is 17.9 Å². The average Bonchev–Trinajstić information content (AvgIpc) is 2.59. The number of benzene rings is 2. The molecule has 0 radical (unpaired) electrons. The van der Waals surface area contributed by atoms with Gasteiger partial charge in [-0.15, -0.1) is 0 Å². The van der Waals surface area contributed by atoms with Gasteiger partial charge in [-0.05, 0) is 17.7 Å². The quantitative estimate of drug-likeness (QED) is 0.772. The standard InChI is InChI=1S/C18H18FNO3/c19-16-7-6-13(10-15(16)12-21)11-20-18(23)9-8-17(22)14-4-2-1-3-5-14/h1-7,10,21H,8-9,11-12H2,(H,20,23). The van der Waals surface area contributed by atoms with Gasteiger partial charge in [-0.3, -0.25) is 9.59 Å². The Morgan fingerprint density at radius 1 is 1.04 bits per heavy atom. The molecule has 0 bridgehead atoms. The first kappa shape index (κ1) is 16.8.